The average molecular weight is 217 g/mol. The van der Waals surface area contributed by atoms with Gasteiger partial charge in [-0.1, -0.05) is 11.8 Å². The number of thioether (sulfide) groups is 1. The van der Waals surface area contributed by atoms with Crippen molar-refractivity contribution in [1.82, 2.24) is 10.6 Å². The van der Waals surface area contributed by atoms with Gasteiger partial charge < -0.3 is 16.4 Å². The molecule has 0 aromatic heterocycles. The third kappa shape index (κ3) is 3.55. The molecular weight excluding hydrogens is 202 g/mol. The van der Waals surface area contributed by atoms with Crippen LogP contribution >= 0.6 is 11.8 Å². The van der Waals surface area contributed by atoms with E-state index in [1.807, 2.05) is 13.8 Å². The van der Waals surface area contributed by atoms with E-state index in [1.165, 1.54) is 0 Å². The first-order chi connectivity index (χ1) is 6.38. The summed E-state index contributed by atoms with van der Waals surface area (Å²) in [5.41, 5.74) is 5.28. The predicted octanol–water partition coefficient (Wildman–Crippen LogP) is -0.335. The standard InChI is InChI=1S/C8H15N3O2S/c1-8(2,9)4-10-6(12)5-3-14-7(13)11-5/h5H,3-4,9H2,1-2H3,(H,10,12)(H,11,13). The fourth-order valence-electron chi connectivity index (χ4n) is 0.964. The van der Waals surface area contributed by atoms with Crippen LogP contribution in [0.15, 0.2) is 0 Å². The second-order valence-corrected chi connectivity index (χ2v) is 4.99. The lowest BCUT2D eigenvalue weighted by Gasteiger charge is -2.20. The zero-order chi connectivity index (χ0) is 10.8. The molecule has 0 aromatic carbocycles. The molecule has 1 aliphatic heterocycles. The summed E-state index contributed by atoms with van der Waals surface area (Å²) in [7, 11) is 0. The Morgan fingerprint density at radius 1 is 1.79 bits per heavy atom. The Morgan fingerprint density at radius 3 is 2.86 bits per heavy atom. The normalized spacial score (nSPS) is 21.9. The van der Waals surface area contributed by atoms with Gasteiger partial charge in [0.2, 0.25) is 5.91 Å². The first-order valence-corrected chi connectivity index (χ1v) is 5.37. The van der Waals surface area contributed by atoms with Crippen molar-refractivity contribution in [3.63, 3.8) is 0 Å². The van der Waals surface area contributed by atoms with Crippen molar-refractivity contribution < 1.29 is 9.59 Å². The van der Waals surface area contributed by atoms with Crippen LogP contribution in [-0.4, -0.2) is 35.0 Å². The second kappa shape index (κ2) is 4.18. The summed E-state index contributed by atoms with van der Waals surface area (Å²) in [6.07, 6.45) is 0. The molecule has 2 amide bonds. The fourth-order valence-corrected chi connectivity index (χ4v) is 1.74. The van der Waals surface area contributed by atoms with E-state index >= 15 is 0 Å². The van der Waals surface area contributed by atoms with Gasteiger partial charge >= 0.3 is 0 Å². The molecule has 0 aliphatic carbocycles. The van der Waals surface area contributed by atoms with Gasteiger partial charge in [0.25, 0.3) is 5.24 Å². The Morgan fingerprint density at radius 2 is 2.43 bits per heavy atom. The SMILES string of the molecule is CC(C)(N)CNC(=O)C1CSC(=O)N1. The number of hydrogen-bond acceptors (Lipinski definition) is 4. The monoisotopic (exact) mass is 217 g/mol. The topological polar surface area (TPSA) is 84.2 Å². The van der Waals surface area contributed by atoms with Crippen molar-refractivity contribution in [1.29, 1.82) is 0 Å². The van der Waals surface area contributed by atoms with E-state index in [2.05, 4.69) is 10.6 Å². The molecule has 0 bridgehead atoms. The van der Waals surface area contributed by atoms with E-state index in [0.29, 0.717) is 12.3 Å². The maximum Gasteiger partial charge on any atom is 0.279 e. The molecule has 1 heterocycles. The molecule has 1 aliphatic rings. The molecule has 1 saturated heterocycles. The van der Waals surface area contributed by atoms with Crippen LogP contribution in [0.4, 0.5) is 4.79 Å². The van der Waals surface area contributed by atoms with Gasteiger partial charge in [-0.15, -0.1) is 0 Å². The average Bonchev–Trinajstić information content (AvgIpc) is 2.46. The van der Waals surface area contributed by atoms with Gasteiger partial charge in [-0.3, -0.25) is 9.59 Å². The van der Waals surface area contributed by atoms with Crippen LogP contribution in [-0.2, 0) is 4.79 Å². The molecule has 1 unspecified atom stereocenters. The molecule has 6 heteroatoms. The Labute approximate surface area is 87.2 Å². The van der Waals surface area contributed by atoms with Crippen molar-refractivity contribution in [2.45, 2.75) is 25.4 Å². The molecule has 0 spiro atoms. The van der Waals surface area contributed by atoms with E-state index in [1.54, 1.807) is 0 Å². The molecular formula is C8H15N3O2S. The smallest absolute Gasteiger partial charge is 0.279 e. The van der Waals surface area contributed by atoms with E-state index < -0.39 is 11.6 Å². The molecule has 80 valence electrons. The molecule has 1 atom stereocenters. The van der Waals surface area contributed by atoms with Crippen LogP contribution < -0.4 is 16.4 Å². The number of hydrogen-bond donors (Lipinski definition) is 3. The van der Waals surface area contributed by atoms with Crippen molar-refractivity contribution in [2.24, 2.45) is 5.73 Å². The molecule has 1 rings (SSSR count). The summed E-state index contributed by atoms with van der Waals surface area (Å²) in [6, 6.07) is -0.408. The van der Waals surface area contributed by atoms with Gasteiger partial charge in [-0.05, 0) is 13.8 Å². The number of nitrogens with one attached hydrogen (secondary N) is 2. The van der Waals surface area contributed by atoms with Crippen LogP contribution in [0.25, 0.3) is 0 Å². The quantitative estimate of drug-likeness (QED) is 0.604. The van der Waals surface area contributed by atoms with E-state index in [0.717, 1.165) is 11.8 Å². The van der Waals surface area contributed by atoms with Crippen LogP contribution in [0.2, 0.25) is 0 Å². The summed E-state index contributed by atoms with van der Waals surface area (Å²) < 4.78 is 0. The Balaban J connectivity index is 2.32. The minimum Gasteiger partial charge on any atom is -0.352 e. The van der Waals surface area contributed by atoms with E-state index in [9.17, 15) is 9.59 Å². The largest absolute Gasteiger partial charge is 0.352 e. The van der Waals surface area contributed by atoms with Gasteiger partial charge in [0.1, 0.15) is 6.04 Å². The summed E-state index contributed by atoms with van der Waals surface area (Å²) >= 11 is 1.12. The van der Waals surface area contributed by atoms with Crippen molar-refractivity contribution in [3.05, 3.63) is 0 Å². The van der Waals surface area contributed by atoms with Crippen LogP contribution in [0.5, 0.6) is 0 Å². The maximum absolute atomic E-state index is 11.4. The van der Waals surface area contributed by atoms with Crippen molar-refractivity contribution in [3.8, 4) is 0 Å². The number of nitrogens with two attached hydrogens (primary N) is 1. The molecule has 5 nitrogen and oxygen atoms in total. The number of carbonyl (C=O) groups excluding carboxylic acids is 2. The van der Waals surface area contributed by atoms with Crippen LogP contribution in [0.1, 0.15) is 13.8 Å². The third-order valence-corrected chi connectivity index (χ3v) is 2.59. The fraction of sp³-hybridized carbons (Fsp3) is 0.750. The first-order valence-electron chi connectivity index (χ1n) is 4.38. The van der Waals surface area contributed by atoms with E-state index in [-0.39, 0.29) is 11.1 Å². The highest BCUT2D eigenvalue weighted by molar-refractivity contribution is 8.14. The summed E-state index contributed by atoms with van der Waals surface area (Å²) in [4.78, 5) is 22.2. The summed E-state index contributed by atoms with van der Waals surface area (Å²) in [5, 5.41) is 5.11. The number of carbonyl (C=O) groups is 2. The molecule has 0 aromatic rings. The van der Waals surface area contributed by atoms with Gasteiger partial charge in [-0.2, -0.15) is 0 Å². The van der Waals surface area contributed by atoms with E-state index in [4.69, 9.17) is 5.73 Å². The number of amides is 2. The third-order valence-electron chi connectivity index (χ3n) is 1.71. The predicted molar refractivity (Wildman–Crippen MR) is 56.1 cm³/mol. The minimum atomic E-state index is -0.425. The first kappa shape index (κ1) is 11.3. The molecule has 0 saturated carbocycles. The lowest BCUT2D eigenvalue weighted by molar-refractivity contribution is -0.122. The van der Waals surface area contributed by atoms with Crippen molar-refractivity contribution in [2.75, 3.05) is 12.3 Å². The highest BCUT2D eigenvalue weighted by Gasteiger charge is 2.28. The molecule has 0 radical (unpaired) electrons. The van der Waals surface area contributed by atoms with Gasteiger partial charge in [0.15, 0.2) is 0 Å². The molecule has 4 N–H and O–H groups in total. The van der Waals surface area contributed by atoms with Gasteiger partial charge in [-0.25, -0.2) is 0 Å². The maximum atomic E-state index is 11.4. The highest BCUT2D eigenvalue weighted by Crippen LogP contribution is 2.12. The second-order valence-electron chi connectivity index (χ2n) is 4.00. The van der Waals surface area contributed by atoms with Gasteiger partial charge in [0, 0.05) is 17.8 Å². The zero-order valence-electron chi connectivity index (χ0n) is 8.29. The zero-order valence-corrected chi connectivity index (χ0v) is 9.11. The number of rotatable bonds is 3. The Bertz CT molecular complexity index is 249. The lowest BCUT2D eigenvalue weighted by atomic mass is 10.1. The molecule has 1 fully saturated rings. The Kier molecular flexibility index (Phi) is 3.38. The summed E-state index contributed by atoms with van der Waals surface area (Å²) in [5.74, 6) is 0.331. The van der Waals surface area contributed by atoms with Crippen LogP contribution in [0, 0.1) is 0 Å². The van der Waals surface area contributed by atoms with Gasteiger partial charge in [0.05, 0.1) is 0 Å². The molecule has 14 heavy (non-hydrogen) atoms. The Hall–Kier alpha value is -0.750. The van der Waals surface area contributed by atoms with Crippen molar-refractivity contribution >= 4 is 22.9 Å². The highest BCUT2D eigenvalue weighted by atomic mass is 32.2. The van der Waals surface area contributed by atoms with Crippen LogP contribution in [0.3, 0.4) is 0 Å². The summed E-state index contributed by atoms with van der Waals surface area (Å²) in [6.45, 7) is 4.06. The minimum absolute atomic E-state index is 0.142. The lowest BCUT2D eigenvalue weighted by Crippen LogP contribution is -2.50.